The van der Waals surface area contributed by atoms with Crippen LogP contribution in [0.3, 0.4) is 0 Å². The van der Waals surface area contributed by atoms with Gasteiger partial charge in [-0.3, -0.25) is 4.79 Å². The second-order valence-corrected chi connectivity index (χ2v) is 7.59. The fourth-order valence-electron chi connectivity index (χ4n) is 3.60. The van der Waals surface area contributed by atoms with Gasteiger partial charge in [-0.1, -0.05) is 28.1 Å². The number of Topliss-reactive ketones (excluding diaryl/α,β-unsaturated/α-hetero) is 1. The Morgan fingerprint density at radius 1 is 1.23 bits per heavy atom. The highest BCUT2D eigenvalue weighted by Gasteiger charge is 2.41. The molecular weight excluding hydrogens is 398 g/mol. The molecule has 1 fully saturated rings. The van der Waals surface area contributed by atoms with Gasteiger partial charge in [0, 0.05) is 24.0 Å². The molecule has 1 saturated carbocycles. The van der Waals surface area contributed by atoms with Crippen molar-refractivity contribution in [1.29, 1.82) is 0 Å². The molecule has 1 aliphatic heterocycles. The standard InChI is InChI=1S/C20H24BrNO4/c1-3-22(4-2)20(24)26-15-9-10-16-18(11-15)25-12-17(19(16)23)13-5-7-14(21)8-6-13/h5-8,12,15-16,18H,3-4,9-11H2,1-2H3. The van der Waals surface area contributed by atoms with Crippen molar-refractivity contribution in [2.75, 3.05) is 13.1 Å². The predicted octanol–water partition coefficient (Wildman–Crippen LogP) is 4.41. The van der Waals surface area contributed by atoms with Crippen LogP contribution in [0.15, 0.2) is 35.0 Å². The zero-order valence-electron chi connectivity index (χ0n) is 15.1. The van der Waals surface area contributed by atoms with Crippen LogP contribution in [-0.2, 0) is 14.3 Å². The van der Waals surface area contributed by atoms with Crippen molar-refractivity contribution >= 4 is 33.4 Å². The number of hydrogen-bond acceptors (Lipinski definition) is 4. The Morgan fingerprint density at radius 3 is 2.58 bits per heavy atom. The first-order valence-electron chi connectivity index (χ1n) is 9.14. The van der Waals surface area contributed by atoms with E-state index >= 15 is 0 Å². The van der Waals surface area contributed by atoms with Crippen LogP contribution in [0.25, 0.3) is 5.57 Å². The number of rotatable bonds is 4. The van der Waals surface area contributed by atoms with E-state index in [2.05, 4.69) is 15.9 Å². The first-order valence-corrected chi connectivity index (χ1v) is 9.94. The first-order chi connectivity index (χ1) is 12.5. The molecule has 1 aromatic carbocycles. The lowest BCUT2D eigenvalue weighted by Crippen LogP contribution is -2.43. The Kier molecular flexibility index (Phi) is 6.01. The zero-order valence-corrected chi connectivity index (χ0v) is 16.7. The van der Waals surface area contributed by atoms with E-state index in [4.69, 9.17) is 9.47 Å². The van der Waals surface area contributed by atoms with E-state index in [1.54, 1.807) is 11.2 Å². The van der Waals surface area contributed by atoms with Crippen molar-refractivity contribution in [3.05, 3.63) is 40.6 Å². The zero-order chi connectivity index (χ0) is 18.7. The largest absolute Gasteiger partial charge is 0.496 e. The molecule has 3 atom stereocenters. The van der Waals surface area contributed by atoms with Crippen LogP contribution in [-0.4, -0.2) is 42.1 Å². The Bertz CT molecular complexity index is 696. The third kappa shape index (κ3) is 3.95. The summed E-state index contributed by atoms with van der Waals surface area (Å²) in [7, 11) is 0. The Hall–Kier alpha value is -1.82. The van der Waals surface area contributed by atoms with Crippen LogP contribution in [0, 0.1) is 5.92 Å². The van der Waals surface area contributed by atoms with Gasteiger partial charge in [-0.25, -0.2) is 4.79 Å². The number of allylic oxidation sites excluding steroid dienone is 1. The number of fused-ring (bicyclic) bond motifs is 1. The summed E-state index contributed by atoms with van der Waals surface area (Å²) in [5.41, 5.74) is 1.49. The van der Waals surface area contributed by atoms with Gasteiger partial charge in [-0.2, -0.15) is 0 Å². The third-order valence-electron chi connectivity index (χ3n) is 5.15. The minimum Gasteiger partial charge on any atom is -0.496 e. The lowest BCUT2D eigenvalue weighted by molar-refractivity contribution is -0.126. The first kappa shape index (κ1) is 19.0. The average molecular weight is 422 g/mol. The molecule has 1 amide bonds. The monoisotopic (exact) mass is 421 g/mol. The van der Waals surface area contributed by atoms with E-state index in [0.29, 0.717) is 37.9 Å². The Morgan fingerprint density at radius 2 is 1.92 bits per heavy atom. The van der Waals surface area contributed by atoms with Crippen LogP contribution < -0.4 is 0 Å². The van der Waals surface area contributed by atoms with E-state index in [0.717, 1.165) is 10.0 Å². The summed E-state index contributed by atoms with van der Waals surface area (Å²) in [4.78, 5) is 26.7. The summed E-state index contributed by atoms with van der Waals surface area (Å²) in [6.07, 6.45) is 2.80. The second-order valence-electron chi connectivity index (χ2n) is 6.67. The molecule has 0 bridgehead atoms. The molecule has 26 heavy (non-hydrogen) atoms. The maximum absolute atomic E-state index is 12.9. The fraction of sp³-hybridized carbons (Fsp3) is 0.500. The lowest BCUT2D eigenvalue weighted by atomic mass is 9.78. The molecular formula is C20H24BrNO4. The van der Waals surface area contributed by atoms with E-state index in [1.165, 1.54) is 0 Å². The Balaban J connectivity index is 1.66. The minimum absolute atomic E-state index is 0.122. The molecule has 3 rings (SSSR count). The van der Waals surface area contributed by atoms with Gasteiger partial charge in [0.1, 0.15) is 12.2 Å². The van der Waals surface area contributed by atoms with Gasteiger partial charge in [0.2, 0.25) is 0 Å². The number of ether oxygens (including phenoxy) is 2. The normalized spacial score (nSPS) is 25.0. The van der Waals surface area contributed by atoms with E-state index < -0.39 is 0 Å². The van der Waals surface area contributed by atoms with Crippen molar-refractivity contribution < 1.29 is 19.1 Å². The molecule has 1 heterocycles. The van der Waals surface area contributed by atoms with Crippen LogP contribution in [0.1, 0.15) is 38.7 Å². The molecule has 1 aliphatic carbocycles. The summed E-state index contributed by atoms with van der Waals surface area (Å²) in [6.45, 7) is 5.11. The maximum atomic E-state index is 12.9. The molecule has 0 spiro atoms. The lowest BCUT2D eigenvalue weighted by Gasteiger charge is -2.37. The van der Waals surface area contributed by atoms with Crippen LogP contribution in [0.5, 0.6) is 0 Å². The quantitative estimate of drug-likeness (QED) is 0.722. The highest BCUT2D eigenvalue weighted by Crippen LogP contribution is 2.37. The molecule has 0 saturated heterocycles. The second kappa shape index (κ2) is 8.25. The van der Waals surface area contributed by atoms with Crippen molar-refractivity contribution in [1.82, 2.24) is 4.90 Å². The van der Waals surface area contributed by atoms with Crippen LogP contribution in [0.2, 0.25) is 0 Å². The highest BCUT2D eigenvalue weighted by molar-refractivity contribution is 9.10. The number of carbonyl (C=O) groups is 2. The summed E-state index contributed by atoms with van der Waals surface area (Å²) in [5.74, 6) is -0.0425. The fourth-order valence-corrected chi connectivity index (χ4v) is 3.87. The van der Waals surface area contributed by atoms with Crippen molar-refractivity contribution in [3.8, 4) is 0 Å². The summed E-state index contributed by atoms with van der Waals surface area (Å²) >= 11 is 3.41. The number of benzene rings is 1. The minimum atomic E-state index is -0.285. The molecule has 0 N–H and O–H groups in total. The predicted molar refractivity (Wildman–Crippen MR) is 103 cm³/mol. The molecule has 140 valence electrons. The molecule has 0 radical (unpaired) electrons. The number of amides is 1. The number of hydrogen-bond donors (Lipinski definition) is 0. The van der Waals surface area contributed by atoms with Gasteiger partial charge in [0.25, 0.3) is 0 Å². The molecule has 3 unspecified atom stereocenters. The van der Waals surface area contributed by atoms with Crippen molar-refractivity contribution in [2.24, 2.45) is 5.92 Å². The smallest absolute Gasteiger partial charge is 0.410 e. The summed E-state index contributed by atoms with van der Waals surface area (Å²) in [5, 5.41) is 0. The number of nitrogens with zero attached hydrogens (tertiary/aromatic N) is 1. The number of ketones is 1. The van der Waals surface area contributed by atoms with Gasteiger partial charge in [-0.05, 0) is 44.4 Å². The molecule has 6 heteroatoms. The highest BCUT2D eigenvalue weighted by atomic mass is 79.9. The van der Waals surface area contributed by atoms with Crippen LogP contribution in [0.4, 0.5) is 4.79 Å². The molecule has 5 nitrogen and oxygen atoms in total. The van der Waals surface area contributed by atoms with E-state index in [1.807, 2.05) is 38.1 Å². The van der Waals surface area contributed by atoms with Crippen molar-refractivity contribution in [2.45, 2.75) is 45.3 Å². The Labute approximate surface area is 162 Å². The average Bonchev–Trinajstić information content (AvgIpc) is 2.64. The SMILES string of the molecule is CCN(CC)C(=O)OC1CCC2C(=O)C(c3ccc(Br)cc3)=COC2C1. The molecule has 2 aliphatic rings. The summed E-state index contributed by atoms with van der Waals surface area (Å²) < 4.78 is 12.5. The number of halogens is 1. The van der Waals surface area contributed by atoms with Crippen molar-refractivity contribution in [3.63, 3.8) is 0 Å². The summed E-state index contributed by atoms with van der Waals surface area (Å²) in [6, 6.07) is 7.65. The van der Waals surface area contributed by atoms with Gasteiger partial charge in [0.05, 0.1) is 17.8 Å². The molecule has 1 aromatic rings. The van der Waals surface area contributed by atoms with Gasteiger partial charge in [0.15, 0.2) is 5.78 Å². The number of carbonyl (C=O) groups excluding carboxylic acids is 2. The molecule has 0 aromatic heterocycles. The van der Waals surface area contributed by atoms with E-state index in [-0.39, 0.29) is 30.0 Å². The topological polar surface area (TPSA) is 55.8 Å². The van der Waals surface area contributed by atoms with E-state index in [9.17, 15) is 9.59 Å². The maximum Gasteiger partial charge on any atom is 0.410 e. The van der Waals surface area contributed by atoms with Crippen LogP contribution >= 0.6 is 15.9 Å². The van der Waals surface area contributed by atoms with Gasteiger partial charge < -0.3 is 14.4 Å². The van der Waals surface area contributed by atoms with Gasteiger partial charge in [-0.15, -0.1) is 0 Å². The van der Waals surface area contributed by atoms with Gasteiger partial charge >= 0.3 is 6.09 Å². The third-order valence-corrected chi connectivity index (χ3v) is 5.68.